The number of β-amino-alcohol motifs (C(OH)–C–C–N with tert-alkyl or cyclic N) is 1. The van der Waals surface area contributed by atoms with Crippen LogP contribution in [0.1, 0.15) is 26.2 Å². The lowest BCUT2D eigenvalue weighted by Crippen LogP contribution is -2.53. The molecule has 8 heteroatoms. The number of nitrogens with zero attached hydrogens (tertiary/aromatic N) is 1. The van der Waals surface area contributed by atoms with Crippen molar-refractivity contribution in [3.05, 3.63) is 0 Å². The molecule has 1 saturated heterocycles. The largest absolute Gasteiger partial charge is 0.480 e. The van der Waals surface area contributed by atoms with Crippen LogP contribution in [0.5, 0.6) is 0 Å². The van der Waals surface area contributed by atoms with E-state index in [1.165, 1.54) is 4.90 Å². The summed E-state index contributed by atoms with van der Waals surface area (Å²) in [4.78, 5) is 35.0. The Morgan fingerprint density at radius 3 is 2.60 bits per heavy atom. The van der Waals surface area contributed by atoms with E-state index in [1.54, 1.807) is 0 Å². The molecule has 0 spiro atoms. The average Bonchev–Trinajstić information content (AvgIpc) is 2.36. The number of carboxylic acids is 1. The number of carbonyl (C=O) groups excluding carboxylic acids is 2. The monoisotopic (exact) mass is 287 g/mol. The highest BCUT2D eigenvalue weighted by Gasteiger charge is 2.29. The Morgan fingerprint density at radius 2 is 2.10 bits per heavy atom. The summed E-state index contributed by atoms with van der Waals surface area (Å²) < 4.78 is 0. The number of carbonyl (C=O) groups is 3. The molecule has 5 N–H and O–H groups in total. The van der Waals surface area contributed by atoms with Crippen molar-refractivity contribution in [1.82, 2.24) is 10.2 Å². The first-order valence-corrected chi connectivity index (χ1v) is 6.56. The van der Waals surface area contributed by atoms with E-state index in [9.17, 15) is 19.5 Å². The van der Waals surface area contributed by atoms with Gasteiger partial charge in [-0.25, -0.2) is 9.59 Å². The molecule has 1 aliphatic rings. The van der Waals surface area contributed by atoms with Crippen LogP contribution in [0.25, 0.3) is 0 Å². The summed E-state index contributed by atoms with van der Waals surface area (Å²) in [7, 11) is 0. The van der Waals surface area contributed by atoms with Crippen molar-refractivity contribution in [3.63, 3.8) is 0 Å². The van der Waals surface area contributed by atoms with Gasteiger partial charge in [-0.3, -0.25) is 4.79 Å². The predicted octanol–water partition coefficient (Wildman–Crippen LogP) is -0.883. The molecule has 0 aromatic carbocycles. The van der Waals surface area contributed by atoms with Crippen molar-refractivity contribution in [3.8, 4) is 0 Å². The zero-order valence-corrected chi connectivity index (χ0v) is 11.4. The van der Waals surface area contributed by atoms with E-state index >= 15 is 0 Å². The molecule has 3 atom stereocenters. The van der Waals surface area contributed by atoms with E-state index in [2.05, 4.69) is 5.32 Å². The molecule has 2 unspecified atom stereocenters. The van der Waals surface area contributed by atoms with Gasteiger partial charge in [-0.15, -0.1) is 0 Å². The normalized spacial score (nSPS) is 24.0. The lowest BCUT2D eigenvalue weighted by Gasteiger charge is -2.34. The summed E-state index contributed by atoms with van der Waals surface area (Å²) >= 11 is 0. The molecule has 1 fully saturated rings. The number of hydrogen-bond donors (Lipinski definition) is 4. The first-order chi connectivity index (χ1) is 9.31. The molecule has 1 rings (SSSR count). The fourth-order valence-corrected chi connectivity index (χ4v) is 2.02. The van der Waals surface area contributed by atoms with Crippen LogP contribution >= 0.6 is 0 Å². The summed E-state index contributed by atoms with van der Waals surface area (Å²) in [6.45, 7) is 2.54. The van der Waals surface area contributed by atoms with Crippen LogP contribution in [0.4, 0.5) is 4.79 Å². The number of urea groups is 1. The number of aliphatic hydroxyl groups is 1. The number of aliphatic hydroxyl groups excluding tert-OH is 1. The molecule has 0 aromatic rings. The van der Waals surface area contributed by atoms with E-state index < -0.39 is 30.1 Å². The summed E-state index contributed by atoms with van der Waals surface area (Å²) in [6.07, 6.45) is -0.114. The lowest BCUT2D eigenvalue weighted by molar-refractivity contribution is -0.139. The molecule has 0 saturated carbocycles. The Kier molecular flexibility index (Phi) is 5.75. The molecular formula is C12H21N3O5. The number of primary amides is 1. The number of piperidine rings is 1. The molecule has 0 aliphatic carbocycles. The lowest BCUT2D eigenvalue weighted by atomic mass is 9.96. The Labute approximate surface area is 116 Å². The highest BCUT2D eigenvalue weighted by atomic mass is 16.4. The van der Waals surface area contributed by atoms with Crippen LogP contribution < -0.4 is 11.1 Å². The van der Waals surface area contributed by atoms with Gasteiger partial charge < -0.3 is 26.2 Å². The molecule has 0 aromatic heterocycles. The third kappa shape index (κ3) is 4.69. The van der Waals surface area contributed by atoms with Gasteiger partial charge in [0.1, 0.15) is 6.04 Å². The first-order valence-electron chi connectivity index (χ1n) is 6.56. The van der Waals surface area contributed by atoms with E-state index in [0.717, 1.165) is 0 Å². The number of carboxylic acid groups (broad SMARTS) is 1. The SMILES string of the molecule is CC1CCN(C(=O)N[C@H](CCC(N)=O)C(=O)O)CC1O. The number of nitrogens with one attached hydrogen (secondary N) is 1. The van der Waals surface area contributed by atoms with Crippen LogP contribution in [-0.2, 0) is 9.59 Å². The summed E-state index contributed by atoms with van der Waals surface area (Å²) in [6, 6.07) is -1.71. The van der Waals surface area contributed by atoms with E-state index in [-0.39, 0.29) is 25.3 Å². The van der Waals surface area contributed by atoms with Gasteiger partial charge in [0.15, 0.2) is 0 Å². The van der Waals surface area contributed by atoms with Gasteiger partial charge in [0.05, 0.1) is 6.10 Å². The van der Waals surface area contributed by atoms with Crippen LogP contribution in [0.15, 0.2) is 0 Å². The number of hydrogen-bond acceptors (Lipinski definition) is 4. The molecule has 1 heterocycles. The maximum atomic E-state index is 11.9. The molecule has 20 heavy (non-hydrogen) atoms. The summed E-state index contributed by atoms with van der Waals surface area (Å²) in [5.41, 5.74) is 4.96. The van der Waals surface area contributed by atoms with Crippen LogP contribution in [-0.4, -0.2) is 58.3 Å². The van der Waals surface area contributed by atoms with Gasteiger partial charge in [0.25, 0.3) is 0 Å². The Balaban J connectivity index is 2.53. The smallest absolute Gasteiger partial charge is 0.326 e. The molecule has 1 aliphatic heterocycles. The van der Waals surface area contributed by atoms with Gasteiger partial charge in [0, 0.05) is 19.5 Å². The highest BCUT2D eigenvalue weighted by molar-refractivity contribution is 5.83. The molecule has 8 nitrogen and oxygen atoms in total. The summed E-state index contributed by atoms with van der Waals surface area (Å²) in [5.74, 6) is -1.72. The Bertz CT molecular complexity index is 387. The van der Waals surface area contributed by atoms with Crippen molar-refractivity contribution in [1.29, 1.82) is 0 Å². The minimum atomic E-state index is -1.22. The van der Waals surface area contributed by atoms with Gasteiger partial charge >= 0.3 is 12.0 Å². The van der Waals surface area contributed by atoms with Crippen LogP contribution in [0, 0.1) is 5.92 Å². The van der Waals surface area contributed by atoms with Gasteiger partial charge in [-0.1, -0.05) is 6.92 Å². The molecule has 0 bridgehead atoms. The summed E-state index contributed by atoms with van der Waals surface area (Å²) in [5, 5.41) is 21.1. The molecule has 114 valence electrons. The third-order valence-corrected chi connectivity index (χ3v) is 3.48. The molecular weight excluding hydrogens is 266 g/mol. The van der Waals surface area contributed by atoms with Crippen molar-refractivity contribution in [2.45, 2.75) is 38.3 Å². The second-order valence-electron chi connectivity index (χ2n) is 5.12. The fraction of sp³-hybridized carbons (Fsp3) is 0.750. The molecule has 0 radical (unpaired) electrons. The van der Waals surface area contributed by atoms with E-state index in [0.29, 0.717) is 13.0 Å². The second-order valence-corrected chi connectivity index (χ2v) is 5.12. The van der Waals surface area contributed by atoms with Crippen molar-refractivity contribution in [2.24, 2.45) is 11.7 Å². The topological polar surface area (TPSA) is 133 Å². The molecule has 3 amide bonds. The minimum Gasteiger partial charge on any atom is -0.480 e. The Morgan fingerprint density at radius 1 is 1.45 bits per heavy atom. The van der Waals surface area contributed by atoms with Crippen LogP contribution in [0.2, 0.25) is 0 Å². The average molecular weight is 287 g/mol. The number of amides is 3. The van der Waals surface area contributed by atoms with Gasteiger partial charge in [-0.05, 0) is 18.8 Å². The minimum absolute atomic E-state index is 0.0524. The van der Waals surface area contributed by atoms with Gasteiger partial charge in [-0.2, -0.15) is 0 Å². The first kappa shape index (κ1) is 16.2. The van der Waals surface area contributed by atoms with E-state index in [1.807, 2.05) is 6.92 Å². The predicted molar refractivity (Wildman–Crippen MR) is 69.7 cm³/mol. The fourth-order valence-electron chi connectivity index (χ4n) is 2.02. The number of nitrogens with two attached hydrogens (primary N) is 1. The van der Waals surface area contributed by atoms with Crippen LogP contribution in [0.3, 0.4) is 0 Å². The number of aliphatic carboxylic acids is 1. The van der Waals surface area contributed by atoms with Crippen molar-refractivity contribution in [2.75, 3.05) is 13.1 Å². The maximum absolute atomic E-state index is 11.9. The quantitative estimate of drug-likeness (QED) is 0.521. The third-order valence-electron chi connectivity index (χ3n) is 3.48. The maximum Gasteiger partial charge on any atom is 0.326 e. The van der Waals surface area contributed by atoms with E-state index in [4.69, 9.17) is 10.8 Å². The Hall–Kier alpha value is -1.83. The number of rotatable bonds is 5. The van der Waals surface area contributed by atoms with Crippen molar-refractivity contribution >= 4 is 17.9 Å². The number of likely N-dealkylation sites (tertiary alicyclic amines) is 1. The second kappa shape index (κ2) is 7.09. The zero-order chi connectivity index (χ0) is 15.3. The van der Waals surface area contributed by atoms with Crippen molar-refractivity contribution < 1.29 is 24.6 Å². The standard InChI is InChI=1S/C12H21N3O5/c1-7-4-5-15(6-9(7)16)12(20)14-8(11(18)19)2-3-10(13)17/h7-9,16H,2-6H2,1H3,(H2,13,17)(H,14,20)(H,18,19)/t7?,8-,9?/m1/s1. The zero-order valence-electron chi connectivity index (χ0n) is 11.4. The highest BCUT2D eigenvalue weighted by Crippen LogP contribution is 2.17. The van der Waals surface area contributed by atoms with Gasteiger partial charge in [0.2, 0.25) is 5.91 Å².